The zero-order chi connectivity index (χ0) is 45.3. The molecule has 1 saturated heterocycles. The van der Waals surface area contributed by atoms with Crippen molar-refractivity contribution in [2.75, 3.05) is 42.6 Å². The van der Waals surface area contributed by atoms with Crippen molar-refractivity contribution in [3.63, 3.8) is 0 Å². The van der Waals surface area contributed by atoms with Crippen molar-refractivity contribution in [2.24, 2.45) is 13.0 Å². The molecule has 0 bridgehead atoms. The molecule has 0 radical (unpaired) electrons. The molecule has 1 aliphatic carbocycles. The van der Waals surface area contributed by atoms with Gasteiger partial charge in [-0.05, 0) is 42.2 Å². The maximum Gasteiger partial charge on any atom is 0.435 e. The van der Waals surface area contributed by atoms with E-state index in [1.54, 1.807) is 31.3 Å². The van der Waals surface area contributed by atoms with Crippen LogP contribution in [0.25, 0.3) is 32.4 Å². The number of carbonyl (C=O) groups excluding carboxylic acids is 2. The average Bonchev–Trinajstić information content (AvgIpc) is 3.91. The zero-order valence-corrected chi connectivity index (χ0v) is 35.4. The number of piperazine rings is 1. The molecule has 0 unspecified atom stereocenters. The van der Waals surface area contributed by atoms with Crippen molar-refractivity contribution < 1.29 is 48.7 Å². The average molecular weight is 922 g/mol. The number of aryl methyl sites for hydroxylation is 1. The minimum atomic E-state index is -5.12. The van der Waals surface area contributed by atoms with Crippen molar-refractivity contribution in [1.29, 1.82) is 0 Å². The highest BCUT2D eigenvalue weighted by molar-refractivity contribution is 7.92. The molecule has 24 heteroatoms. The molecular weight excluding hydrogens is 884 g/mol. The molecule has 1 aliphatic heterocycles. The SMILES string of the molecule is C[C@@H]1c2c(C(F)(F)F)nn(CC(=O)N[C@@H](Cc3cc(F)cc(F)c3)c3nc4nc(NCN5CCNC(=O)C5)sc4cc3-c3cccc4c(NS(C)(=O)=O)nn(C)c34)c2C(F)(F)[C@@H]1C. The largest absolute Gasteiger partial charge is 0.435 e. The summed E-state index contributed by atoms with van der Waals surface area (Å²) in [6.45, 7) is 2.65. The van der Waals surface area contributed by atoms with Crippen LogP contribution in [0.1, 0.15) is 54.0 Å². The number of rotatable bonds is 12. The number of amides is 2. The van der Waals surface area contributed by atoms with Crippen LogP contribution in [0, 0.1) is 17.6 Å². The Morgan fingerprint density at radius 1 is 1.06 bits per heavy atom. The van der Waals surface area contributed by atoms with Crippen molar-refractivity contribution in [1.82, 2.24) is 45.1 Å². The second-order valence-electron chi connectivity index (χ2n) is 15.6. The summed E-state index contributed by atoms with van der Waals surface area (Å²) in [6.07, 6.45) is -4.55. The Morgan fingerprint density at radius 3 is 2.48 bits per heavy atom. The minimum Gasteiger partial charge on any atom is -0.354 e. The molecule has 0 spiro atoms. The maximum atomic E-state index is 15.7. The molecule has 0 saturated carbocycles. The Kier molecular flexibility index (Phi) is 11.1. The van der Waals surface area contributed by atoms with Crippen LogP contribution < -0.4 is 20.7 Å². The summed E-state index contributed by atoms with van der Waals surface area (Å²) < 4.78 is 133. The lowest BCUT2D eigenvalue weighted by Gasteiger charge is -2.26. The van der Waals surface area contributed by atoms with Crippen LogP contribution in [0.2, 0.25) is 0 Å². The highest BCUT2D eigenvalue weighted by atomic mass is 32.2. The number of fused-ring (bicyclic) bond motifs is 3. The lowest BCUT2D eigenvalue weighted by Crippen LogP contribution is -2.49. The number of para-hydroxylation sites is 1. The van der Waals surface area contributed by atoms with E-state index in [1.165, 1.54) is 22.9 Å². The number of alkyl halides is 5. The van der Waals surface area contributed by atoms with Gasteiger partial charge in [0, 0.05) is 54.2 Å². The lowest BCUT2D eigenvalue weighted by molar-refractivity contribution is -0.143. The number of thiazole rings is 1. The fraction of sp³-hybridized carbons (Fsp3) is 0.385. The van der Waals surface area contributed by atoms with E-state index < -0.39 is 81.0 Å². The summed E-state index contributed by atoms with van der Waals surface area (Å²) in [5.74, 6) is -9.74. The molecular formula is C39H38F7N11O4S2. The Morgan fingerprint density at radius 2 is 1.79 bits per heavy atom. The number of pyridine rings is 1. The molecule has 6 aromatic rings. The first-order chi connectivity index (χ1) is 29.6. The topological polar surface area (TPSA) is 181 Å². The van der Waals surface area contributed by atoms with E-state index >= 15 is 8.78 Å². The molecule has 5 heterocycles. The van der Waals surface area contributed by atoms with Gasteiger partial charge in [-0.2, -0.15) is 32.1 Å². The Balaban J connectivity index is 1.27. The van der Waals surface area contributed by atoms with Gasteiger partial charge in [-0.3, -0.25) is 28.6 Å². The van der Waals surface area contributed by atoms with E-state index in [2.05, 4.69) is 35.9 Å². The molecule has 3 atom stereocenters. The van der Waals surface area contributed by atoms with Crippen molar-refractivity contribution in [3.05, 3.63) is 82.3 Å². The van der Waals surface area contributed by atoms with Crippen LogP contribution in [-0.4, -0.2) is 87.2 Å². The highest BCUT2D eigenvalue weighted by Crippen LogP contribution is 2.55. The van der Waals surface area contributed by atoms with Crippen LogP contribution >= 0.6 is 11.3 Å². The van der Waals surface area contributed by atoms with E-state index in [-0.39, 0.29) is 48.3 Å². The minimum absolute atomic E-state index is 0.00591. The number of benzene rings is 2. The molecule has 8 rings (SSSR count). The summed E-state index contributed by atoms with van der Waals surface area (Å²) in [5, 5.41) is 17.2. The molecule has 4 N–H and O–H groups in total. The number of nitrogens with zero attached hydrogens (tertiary/aromatic N) is 7. The molecule has 2 amide bonds. The van der Waals surface area contributed by atoms with E-state index in [1.807, 2.05) is 4.90 Å². The van der Waals surface area contributed by atoms with Gasteiger partial charge in [-0.15, -0.1) is 0 Å². The van der Waals surface area contributed by atoms with Crippen LogP contribution in [0.5, 0.6) is 0 Å². The second-order valence-corrected chi connectivity index (χ2v) is 18.4. The maximum absolute atomic E-state index is 15.7. The fourth-order valence-corrected chi connectivity index (χ4v) is 9.50. The van der Waals surface area contributed by atoms with Crippen molar-refractivity contribution >= 4 is 65.4 Å². The van der Waals surface area contributed by atoms with Crippen LogP contribution in [0.4, 0.5) is 41.7 Å². The van der Waals surface area contributed by atoms with Gasteiger partial charge in [-0.25, -0.2) is 27.2 Å². The first-order valence-corrected chi connectivity index (χ1v) is 22.1. The number of sulfonamides is 1. The summed E-state index contributed by atoms with van der Waals surface area (Å²) in [4.78, 5) is 37.5. The van der Waals surface area contributed by atoms with Gasteiger partial charge in [0.25, 0.3) is 5.92 Å². The highest BCUT2D eigenvalue weighted by Gasteiger charge is 2.57. The molecule has 334 valence electrons. The smallest absolute Gasteiger partial charge is 0.354 e. The first-order valence-electron chi connectivity index (χ1n) is 19.4. The van der Waals surface area contributed by atoms with Crippen LogP contribution in [0.15, 0.2) is 42.5 Å². The monoisotopic (exact) mass is 921 g/mol. The van der Waals surface area contributed by atoms with Gasteiger partial charge in [0.05, 0.1) is 41.4 Å². The molecule has 63 heavy (non-hydrogen) atoms. The summed E-state index contributed by atoms with van der Waals surface area (Å²) in [5.41, 5.74) is -2.02. The van der Waals surface area contributed by atoms with Crippen LogP contribution in [0.3, 0.4) is 0 Å². The van der Waals surface area contributed by atoms with E-state index in [0.717, 1.165) is 25.3 Å². The predicted molar refractivity (Wildman–Crippen MR) is 218 cm³/mol. The summed E-state index contributed by atoms with van der Waals surface area (Å²) in [6, 6.07) is 7.87. The fourth-order valence-electron chi connectivity index (χ4n) is 8.16. The number of carbonyl (C=O) groups is 2. The lowest BCUT2D eigenvalue weighted by atomic mass is 9.94. The summed E-state index contributed by atoms with van der Waals surface area (Å²) in [7, 11) is -2.24. The van der Waals surface area contributed by atoms with Gasteiger partial charge in [0.2, 0.25) is 21.8 Å². The van der Waals surface area contributed by atoms with E-state index in [0.29, 0.717) is 55.7 Å². The van der Waals surface area contributed by atoms with Gasteiger partial charge in [0.1, 0.15) is 23.9 Å². The quantitative estimate of drug-likeness (QED) is 0.109. The molecule has 4 aromatic heterocycles. The number of anilines is 2. The van der Waals surface area contributed by atoms with Gasteiger partial charge >= 0.3 is 6.18 Å². The third-order valence-electron chi connectivity index (χ3n) is 11.1. The first kappa shape index (κ1) is 43.8. The van der Waals surface area contributed by atoms with Gasteiger partial charge in [0.15, 0.2) is 22.3 Å². The number of hydrogen-bond acceptors (Lipinski definition) is 11. The summed E-state index contributed by atoms with van der Waals surface area (Å²) >= 11 is 1.19. The van der Waals surface area contributed by atoms with Gasteiger partial charge in [-0.1, -0.05) is 37.3 Å². The number of nitrogens with one attached hydrogen (secondary N) is 4. The Hall–Kier alpha value is -5.88. The standard InChI is InChI=1S/C39H38F7N11O4S2/c1-18-19(2)38(42,43)34-30(18)33(39(44,45)46)52-57(34)16-29(59)49-26(12-20-10-21(40)13-22(41)11-20)31-25(23-6-5-7-24-32(23)55(3)53-35(24)54-63(4,60)61)14-27-36(50-31)51-37(62-27)48-17-56-9-8-47-28(58)15-56/h5-7,10-11,13-14,18-19,26H,8-9,12,15-17H2,1-4H3,(H,47,58)(H,49,59)(H,53,54)(H,48,50,51)/t18-,19+,26-/m0/s1. The third-order valence-corrected chi connectivity index (χ3v) is 12.6. The number of hydrogen-bond donors (Lipinski definition) is 4. The molecule has 2 aliphatic rings. The Bertz CT molecular complexity index is 2900. The second kappa shape index (κ2) is 16.0. The Labute approximate surface area is 358 Å². The number of halogens is 7. The van der Waals surface area contributed by atoms with Crippen LogP contribution in [-0.2, 0) is 51.7 Å². The molecule has 15 nitrogen and oxygen atoms in total. The van der Waals surface area contributed by atoms with E-state index in [9.17, 15) is 40.0 Å². The number of aromatic nitrogens is 6. The predicted octanol–water partition coefficient (Wildman–Crippen LogP) is 5.86. The van der Waals surface area contributed by atoms with Gasteiger partial charge < -0.3 is 16.0 Å². The zero-order valence-electron chi connectivity index (χ0n) is 33.7. The van der Waals surface area contributed by atoms with E-state index in [4.69, 9.17) is 4.98 Å². The molecule has 1 fully saturated rings. The molecule has 2 aromatic carbocycles. The third kappa shape index (κ3) is 8.62. The van der Waals surface area contributed by atoms with Crippen molar-refractivity contribution in [3.8, 4) is 11.1 Å². The normalized spacial score (nSPS) is 18.4. The van der Waals surface area contributed by atoms with Crippen molar-refractivity contribution in [2.45, 2.75) is 50.9 Å².